The summed E-state index contributed by atoms with van der Waals surface area (Å²) in [5.41, 5.74) is 0.227. The van der Waals surface area contributed by atoms with E-state index in [2.05, 4.69) is 0 Å². The van der Waals surface area contributed by atoms with Crippen LogP contribution in [0.5, 0.6) is 11.5 Å². The second-order valence-electron chi connectivity index (χ2n) is 5.47. The molecule has 2 rings (SSSR count). The van der Waals surface area contributed by atoms with Crippen LogP contribution in [0.2, 0.25) is 0 Å². The Morgan fingerprint density at radius 3 is 1.65 bits per heavy atom. The van der Waals surface area contributed by atoms with E-state index in [4.69, 9.17) is 9.47 Å². The Bertz CT molecular complexity index is 792. The van der Waals surface area contributed by atoms with Gasteiger partial charge in [0.25, 0.3) is 0 Å². The number of hydrogen-bond acceptors (Lipinski definition) is 2. The summed E-state index contributed by atoms with van der Waals surface area (Å²) < 4.78 is 77.7. The summed E-state index contributed by atoms with van der Waals surface area (Å²) in [7, 11) is 2.93. The van der Waals surface area contributed by atoms with Gasteiger partial charge in [0, 0.05) is 5.56 Å². The molecule has 2 nitrogen and oxygen atoms in total. The lowest BCUT2D eigenvalue weighted by molar-refractivity contribution is 0.377. The Hall–Kier alpha value is -2.57. The molecule has 0 atom stereocenters. The fourth-order valence-electron chi connectivity index (χ4n) is 2.54. The first kappa shape index (κ1) is 19.8. The number of benzene rings is 2. The SMILES string of the molecule is CCCc1c(OC)cc(/C=C/c2c(F)c(F)c(F)c(F)c2F)cc1OC. The minimum atomic E-state index is -2.19. The molecule has 26 heavy (non-hydrogen) atoms. The highest BCUT2D eigenvalue weighted by molar-refractivity contribution is 5.72. The van der Waals surface area contributed by atoms with Gasteiger partial charge in [-0.2, -0.15) is 0 Å². The van der Waals surface area contributed by atoms with Gasteiger partial charge in [0.1, 0.15) is 11.5 Å². The van der Waals surface area contributed by atoms with E-state index in [-0.39, 0.29) is 0 Å². The molecule has 2 aromatic rings. The molecular formula is C19H17F5O2. The van der Waals surface area contributed by atoms with Crippen LogP contribution in [-0.2, 0) is 6.42 Å². The fourth-order valence-corrected chi connectivity index (χ4v) is 2.54. The van der Waals surface area contributed by atoms with Gasteiger partial charge in [0.2, 0.25) is 5.82 Å². The van der Waals surface area contributed by atoms with E-state index >= 15 is 0 Å². The van der Waals surface area contributed by atoms with Gasteiger partial charge in [-0.05, 0) is 30.2 Å². The Labute approximate surface area is 147 Å². The first-order valence-corrected chi connectivity index (χ1v) is 7.80. The predicted octanol–water partition coefficient (Wildman–Crippen LogP) is 5.52. The molecule has 7 heteroatoms. The summed E-state index contributed by atoms with van der Waals surface area (Å²) in [6.45, 7) is 1.98. The summed E-state index contributed by atoms with van der Waals surface area (Å²) in [5, 5.41) is 0. The molecule has 0 saturated heterocycles. The standard InChI is InChI=1S/C19H17F5O2/c1-4-5-11-13(25-2)8-10(9-14(11)26-3)6-7-12-15(20)17(22)19(24)18(23)16(12)21/h6-9H,4-5H2,1-3H3/b7-6+. The molecule has 140 valence electrons. The maximum Gasteiger partial charge on any atom is 0.200 e. The second kappa shape index (κ2) is 8.21. The van der Waals surface area contributed by atoms with E-state index < -0.39 is 34.6 Å². The summed E-state index contributed by atoms with van der Waals surface area (Å²) in [6, 6.07) is 3.19. The van der Waals surface area contributed by atoms with Crippen molar-refractivity contribution in [2.45, 2.75) is 19.8 Å². The zero-order valence-corrected chi connectivity index (χ0v) is 14.4. The Balaban J connectivity index is 2.52. The van der Waals surface area contributed by atoms with Crippen LogP contribution in [0, 0.1) is 29.1 Å². The Kier molecular flexibility index (Phi) is 6.23. The van der Waals surface area contributed by atoms with Gasteiger partial charge >= 0.3 is 0 Å². The minimum Gasteiger partial charge on any atom is -0.496 e. The van der Waals surface area contributed by atoms with Crippen LogP contribution in [0.3, 0.4) is 0 Å². The number of methoxy groups -OCH3 is 2. The van der Waals surface area contributed by atoms with Crippen molar-refractivity contribution in [1.29, 1.82) is 0 Å². The van der Waals surface area contributed by atoms with Crippen LogP contribution in [0.15, 0.2) is 12.1 Å². The number of ether oxygens (including phenoxy) is 2. The van der Waals surface area contributed by atoms with Crippen molar-refractivity contribution < 1.29 is 31.4 Å². The lowest BCUT2D eigenvalue weighted by Crippen LogP contribution is -2.03. The lowest BCUT2D eigenvalue weighted by Gasteiger charge is -2.14. The maximum atomic E-state index is 13.7. The van der Waals surface area contributed by atoms with Crippen molar-refractivity contribution in [3.8, 4) is 11.5 Å². The van der Waals surface area contributed by atoms with Gasteiger partial charge in [-0.25, -0.2) is 22.0 Å². The van der Waals surface area contributed by atoms with Crippen molar-refractivity contribution in [1.82, 2.24) is 0 Å². The molecule has 0 fully saturated rings. The molecule has 0 aromatic heterocycles. The zero-order chi connectivity index (χ0) is 19.4. The van der Waals surface area contributed by atoms with E-state index in [1.807, 2.05) is 6.92 Å². The first-order chi connectivity index (χ1) is 12.3. The third kappa shape index (κ3) is 3.66. The molecule has 0 aliphatic rings. The number of hydrogen-bond donors (Lipinski definition) is 0. The largest absolute Gasteiger partial charge is 0.496 e. The monoisotopic (exact) mass is 372 g/mol. The van der Waals surface area contributed by atoms with E-state index in [0.717, 1.165) is 18.1 Å². The van der Waals surface area contributed by atoms with Crippen molar-refractivity contribution in [3.63, 3.8) is 0 Å². The molecule has 0 spiro atoms. The van der Waals surface area contributed by atoms with E-state index in [0.29, 0.717) is 23.5 Å². The van der Waals surface area contributed by atoms with Crippen molar-refractivity contribution >= 4 is 12.2 Å². The van der Waals surface area contributed by atoms with E-state index in [1.54, 1.807) is 12.1 Å². The molecule has 0 heterocycles. The van der Waals surface area contributed by atoms with Crippen molar-refractivity contribution in [3.05, 3.63) is 57.9 Å². The second-order valence-corrected chi connectivity index (χ2v) is 5.47. The van der Waals surface area contributed by atoms with Crippen LogP contribution in [-0.4, -0.2) is 14.2 Å². The fraction of sp³-hybridized carbons (Fsp3) is 0.263. The first-order valence-electron chi connectivity index (χ1n) is 7.80. The van der Waals surface area contributed by atoms with Crippen LogP contribution in [0.4, 0.5) is 22.0 Å². The van der Waals surface area contributed by atoms with Crippen LogP contribution in [0.25, 0.3) is 12.2 Å². The van der Waals surface area contributed by atoms with E-state index in [9.17, 15) is 22.0 Å². The molecule has 2 aromatic carbocycles. The maximum absolute atomic E-state index is 13.7. The van der Waals surface area contributed by atoms with Crippen LogP contribution >= 0.6 is 0 Å². The summed E-state index contributed by atoms with van der Waals surface area (Å²) >= 11 is 0. The molecular weight excluding hydrogens is 355 g/mol. The van der Waals surface area contributed by atoms with Gasteiger partial charge in [-0.1, -0.05) is 19.4 Å². The highest BCUT2D eigenvalue weighted by Gasteiger charge is 2.24. The summed E-state index contributed by atoms with van der Waals surface area (Å²) in [6.07, 6.45) is 3.57. The third-order valence-corrected chi connectivity index (χ3v) is 3.82. The Morgan fingerprint density at radius 1 is 0.769 bits per heavy atom. The molecule has 0 aliphatic heterocycles. The smallest absolute Gasteiger partial charge is 0.200 e. The molecule has 0 saturated carbocycles. The molecule has 0 aliphatic carbocycles. The summed E-state index contributed by atoms with van der Waals surface area (Å²) in [4.78, 5) is 0. The average molecular weight is 372 g/mol. The molecule has 0 N–H and O–H groups in total. The highest BCUT2D eigenvalue weighted by atomic mass is 19.2. The Morgan fingerprint density at radius 2 is 1.23 bits per heavy atom. The lowest BCUT2D eigenvalue weighted by atomic mass is 10.0. The predicted molar refractivity (Wildman–Crippen MR) is 88.7 cm³/mol. The number of halogens is 5. The highest BCUT2D eigenvalue weighted by Crippen LogP contribution is 2.33. The quantitative estimate of drug-likeness (QED) is 0.288. The average Bonchev–Trinajstić information content (AvgIpc) is 2.65. The molecule has 0 unspecified atom stereocenters. The van der Waals surface area contributed by atoms with Gasteiger partial charge < -0.3 is 9.47 Å². The molecule has 0 bridgehead atoms. The van der Waals surface area contributed by atoms with Crippen molar-refractivity contribution in [2.24, 2.45) is 0 Å². The van der Waals surface area contributed by atoms with Crippen LogP contribution < -0.4 is 9.47 Å². The number of rotatable bonds is 6. The topological polar surface area (TPSA) is 18.5 Å². The van der Waals surface area contributed by atoms with Crippen LogP contribution in [0.1, 0.15) is 30.0 Å². The minimum absolute atomic E-state index is 0.419. The zero-order valence-electron chi connectivity index (χ0n) is 14.4. The van der Waals surface area contributed by atoms with Gasteiger partial charge in [-0.3, -0.25) is 0 Å². The molecule has 0 radical (unpaired) electrons. The van der Waals surface area contributed by atoms with Gasteiger partial charge in [0.05, 0.1) is 19.8 Å². The third-order valence-electron chi connectivity index (χ3n) is 3.82. The van der Waals surface area contributed by atoms with Gasteiger partial charge in [-0.15, -0.1) is 0 Å². The molecule has 0 amide bonds. The summed E-state index contributed by atoms with van der Waals surface area (Å²) in [5.74, 6) is -8.94. The normalized spacial score (nSPS) is 11.2. The van der Waals surface area contributed by atoms with Crippen molar-refractivity contribution in [2.75, 3.05) is 14.2 Å². The van der Waals surface area contributed by atoms with Gasteiger partial charge in [0.15, 0.2) is 23.3 Å². The van der Waals surface area contributed by atoms with E-state index in [1.165, 1.54) is 20.3 Å².